The van der Waals surface area contributed by atoms with Crippen molar-refractivity contribution < 1.29 is 8.42 Å². The van der Waals surface area contributed by atoms with Gasteiger partial charge in [-0.05, 0) is 38.3 Å². The Morgan fingerprint density at radius 1 is 1.24 bits per heavy atom. The number of nitrogens with one attached hydrogen (secondary N) is 1. The minimum atomic E-state index is -3.04. The van der Waals surface area contributed by atoms with Crippen LogP contribution in [-0.2, 0) is 10.0 Å². The highest BCUT2D eigenvalue weighted by Crippen LogP contribution is 2.16. The molecule has 1 N–H and O–H groups in total. The van der Waals surface area contributed by atoms with Gasteiger partial charge in [-0.1, -0.05) is 20.3 Å². The van der Waals surface area contributed by atoms with E-state index in [2.05, 4.69) is 12.2 Å². The zero-order valence-electron chi connectivity index (χ0n) is 11.1. The van der Waals surface area contributed by atoms with E-state index in [-0.39, 0.29) is 0 Å². The summed E-state index contributed by atoms with van der Waals surface area (Å²) in [4.78, 5) is 0. The molecule has 0 saturated carbocycles. The molecule has 0 aliphatic carbocycles. The predicted octanol–water partition coefficient (Wildman–Crippen LogP) is 1.44. The Morgan fingerprint density at radius 3 is 2.41 bits per heavy atom. The van der Waals surface area contributed by atoms with Gasteiger partial charge in [0, 0.05) is 13.1 Å². The smallest absolute Gasteiger partial charge is 0.214 e. The lowest BCUT2D eigenvalue weighted by atomic mass is 10.0. The molecule has 1 heterocycles. The van der Waals surface area contributed by atoms with Crippen LogP contribution in [0.2, 0.25) is 0 Å². The molecule has 0 aromatic rings. The number of hydrogen-bond acceptors (Lipinski definition) is 3. The molecule has 0 atom stereocenters. The molecule has 0 aromatic carbocycles. The van der Waals surface area contributed by atoms with Crippen LogP contribution in [0.4, 0.5) is 0 Å². The van der Waals surface area contributed by atoms with E-state index in [9.17, 15) is 8.42 Å². The highest BCUT2D eigenvalue weighted by atomic mass is 32.2. The maximum atomic E-state index is 12.2. The fourth-order valence-electron chi connectivity index (χ4n) is 2.28. The third kappa shape index (κ3) is 4.94. The Labute approximate surface area is 106 Å². The zero-order valence-corrected chi connectivity index (χ0v) is 11.9. The molecule has 0 bridgehead atoms. The summed E-state index contributed by atoms with van der Waals surface area (Å²) in [5.74, 6) is 0.684. The number of hydrogen-bond donors (Lipinski definition) is 1. The second-order valence-corrected chi connectivity index (χ2v) is 6.83. The molecule has 1 fully saturated rings. The van der Waals surface area contributed by atoms with E-state index in [0.717, 1.165) is 38.8 Å². The first-order valence-corrected chi connectivity index (χ1v) is 8.39. The quantitative estimate of drug-likeness (QED) is 0.755. The normalized spacial score (nSPS) is 18.8. The molecule has 0 unspecified atom stereocenters. The van der Waals surface area contributed by atoms with Crippen molar-refractivity contribution in [3.05, 3.63) is 0 Å². The number of unbranched alkanes of at least 4 members (excludes halogenated alkanes) is 1. The maximum Gasteiger partial charge on any atom is 0.214 e. The van der Waals surface area contributed by atoms with Gasteiger partial charge < -0.3 is 5.32 Å². The highest BCUT2D eigenvalue weighted by molar-refractivity contribution is 7.89. The molecule has 0 radical (unpaired) electrons. The van der Waals surface area contributed by atoms with Crippen molar-refractivity contribution in [1.82, 2.24) is 9.62 Å². The van der Waals surface area contributed by atoms with Crippen molar-refractivity contribution >= 4 is 10.0 Å². The molecular weight excluding hydrogens is 236 g/mol. The molecule has 102 valence electrons. The number of piperidine rings is 1. The summed E-state index contributed by atoms with van der Waals surface area (Å²) in [6.07, 6.45) is 3.98. The van der Waals surface area contributed by atoms with Gasteiger partial charge in [0.05, 0.1) is 5.75 Å². The summed E-state index contributed by atoms with van der Waals surface area (Å²) in [7, 11) is -3.04. The molecule has 5 heteroatoms. The third-order valence-corrected chi connectivity index (χ3v) is 5.53. The fraction of sp³-hybridized carbons (Fsp3) is 1.00. The van der Waals surface area contributed by atoms with Crippen LogP contribution in [0.15, 0.2) is 0 Å². The molecule has 1 rings (SSSR count). The molecule has 1 aliphatic rings. The Balaban J connectivity index is 2.51. The van der Waals surface area contributed by atoms with Gasteiger partial charge in [-0.3, -0.25) is 0 Å². The summed E-state index contributed by atoms with van der Waals surface area (Å²) >= 11 is 0. The molecule has 0 spiro atoms. The molecule has 1 aliphatic heterocycles. The minimum Gasteiger partial charge on any atom is -0.317 e. The molecule has 4 nitrogen and oxygen atoms in total. The van der Waals surface area contributed by atoms with Crippen molar-refractivity contribution in [2.75, 3.05) is 31.9 Å². The maximum absolute atomic E-state index is 12.2. The second-order valence-electron chi connectivity index (χ2n) is 4.82. The van der Waals surface area contributed by atoms with E-state index in [1.165, 1.54) is 0 Å². The second kappa shape index (κ2) is 7.34. The van der Waals surface area contributed by atoms with Crippen molar-refractivity contribution in [3.8, 4) is 0 Å². The van der Waals surface area contributed by atoms with E-state index >= 15 is 0 Å². The van der Waals surface area contributed by atoms with Gasteiger partial charge in [0.15, 0.2) is 0 Å². The number of sulfonamides is 1. The van der Waals surface area contributed by atoms with Crippen molar-refractivity contribution in [2.45, 2.75) is 39.5 Å². The lowest BCUT2D eigenvalue weighted by Crippen LogP contribution is -2.38. The monoisotopic (exact) mass is 262 g/mol. The highest BCUT2D eigenvalue weighted by Gasteiger charge is 2.25. The first kappa shape index (κ1) is 14.9. The average Bonchev–Trinajstić information content (AvgIpc) is 2.30. The van der Waals surface area contributed by atoms with E-state index < -0.39 is 10.0 Å². The first-order valence-electron chi connectivity index (χ1n) is 6.78. The van der Waals surface area contributed by atoms with Gasteiger partial charge in [0.2, 0.25) is 10.0 Å². The van der Waals surface area contributed by atoms with Gasteiger partial charge in [0.25, 0.3) is 0 Å². The van der Waals surface area contributed by atoms with Gasteiger partial charge in [0.1, 0.15) is 0 Å². The van der Waals surface area contributed by atoms with Crippen LogP contribution in [0.1, 0.15) is 39.5 Å². The summed E-state index contributed by atoms with van der Waals surface area (Å²) in [6.45, 7) is 7.22. The lowest BCUT2D eigenvalue weighted by Gasteiger charge is -2.26. The Hall–Kier alpha value is -0.130. The predicted molar refractivity (Wildman–Crippen MR) is 71.5 cm³/mol. The SMILES string of the molecule is CCCCN(CC)S(=O)(=O)CC1CCNCC1. The summed E-state index contributed by atoms with van der Waals surface area (Å²) < 4.78 is 26.1. The summed E-state index contributed by atoms with van der Waals surface area (Å²) in [5.41, 5.74) is 0. The van der Waals surface area contributed by atoms with Crippen LogP contribution in [-0.4, -0.2) is 44.7 Å². The first-order chi connectivity index (χ1) is 8.10. The van der Waals surface area contributed by atoms with Crippen LogP contribution in [0.3, 0.4) is 0 Å². The Kier molecular flexibility index (Phi) is 6.44. The van der Waals surface area contributed by atoms with Crippen LogP contribution in [0.25, 0.3) is 0 Å². The molecular formula is C12H26N2O2S. The lowest BCUT2D eigenvalue weighted by molar-refractivity contribution is 0.378. The Bertz CT molecular complexity index is 298. The summed E-state index contributed by atoms with van der Waals surface area (Å²) in [5, 5.41) is 3.27. The number of rotatable bonds is 7. The van der Waals surface area contributed by atoms with Crippen molar-refractivity contribution in [2.24, 2.45) is 5.92 Å². The van der Waals surface area contributed by atoms with Crippen LogP contribution >= 0.6 is 0 Å². The fourth-order valence-corrected chi connectivity index (χ4v) is 4.22. The van der Waals surface area contributed by atoms with E-state index in [1.54, 1.807) is 4.31 Å². The van der Waals surface area contributed by atoms with Gasteiger partial charge >= 0.3 is 0 Å². The minimum absolute atomic E-state index is 0.340. The van der Waals surface area contributed by atoms with Gasteiger partial charge in [-0.25, -0.2) is 12.7 Å². The topological polar surface area (TPSA) is 49.4 Å². The number of nitrogens with zero attached hydrogens (tertiary/aromatic N) is 1. The standard InChI is InChI=1S/C12H26N2O2S/c1-3-5-10-14(4-2)17(15,16)11-12-6-8-13-9-7-12/h12-13H,3-11H2,1-2H3. The van der Waals surface area contributed by atoms with E-state index in [4.69, 9.17) is 0 Å². The van der Waals surface area contributed by atoms with E-state index in [0.29, 0.717) is 24.8 Å². The van der Waals surface area contributed by atoms with Gasteiger partial charge in [-0.15, -0.1) is 0 Å². The van der Waals surface area contributed by atoms with Crippen molar-refractivity contribution in [3.63, 3.8) is 0 Å². The largest absolute Gasteiger partial charge is 0.317 e. The van der Waals surface area contributed by atoms with Crippen LogP contribution in [0.5, 0.6) is 0 Å². The molecule has 1 saturated heterocycles. The molecule has 0 amide bonds. The third-order valence-electron chi connectivity index (χ3n) is 3.41. The van der Waals surface area contributed by atoms with Crippen molar-refractivity contribution in [1.29, 1.82) is 0 Å². The Morgan fingerprint density at radius 2 is 1.88 bits per heavy atom. The molecule has 0 aromatic heterocycles. The van der Waals surface area contributed by atoms with Crippen LogP contribution in [0, 0.1) is 5.92 Å². The molecule has 17 heavy (non-hydrogen) atoms. The summed E-state index contributed by atoms with van der Waals surface area (Å²) in [6, 6.07) is 0. The van der Waals surface area contributed by atoms with Gasteiger partial charge in [-0.2, -0.15) is 0 Å². The zero-order chi connectivity index (χ0) is 12.7. The van der Waals surface area contributed by atoms with E-state index in [1.807, 2.05) is 6.92 Å². The van der Waals surface area contributed by atoms with Crippen LogP contribution < -0.4 is 5.32 Å². The average molecular weight is 262 g/mol.